The molecule has 4 N–H and O–H groups in total. The van der Waals surface area contributed by atoms with E-state index in [1.165, 1.54) is 22.4 Å². The summed E-state index contributed by atoms with van der Waals surface area (Å²) in [6.45, 7) is 0. The van der Waals surface area contributed by atoms with Crippen LogP contribution in [0.1, 0.15) is 5.56 Å². The molecule has 0 saturated heterocycles. The van der Waals surface area contributed by atoms with Crippen LogP contribution < -0.4 is 5.84 Å². The molecule has 1 aromatic rings. The lowest BCUT2D eigenvalue weighted by Gasteiger charge is -2.17. The fourth-order valence-electron chi connectivity index (χ4n) is 1.14. The third-order valence-electron chi connectivity index (χ3n) is 1.89. The van der Waals surface area contributed by atoms with Gasteiger partial charge in [-0.05, 0) is 17.7 Å². The van der Waals surface area contributed by atoms with Crippen LogP contribution in [0, 0.1) is 0 Å². The number of hydrazine groups is 1. The van der Waals surface area contributed by atoms with Gasteiger partial charge in [0.2, 0.25) is 0 Å². The zero-order chi connectivity index (χ0) is 14.3. The Morgan fingerprint density at radius 3 is 2.32 bits per heavy atom. The Labute approximate surface area is 113 Å². The lowest BCUT2D eigenvalue weighted by Crippen LogP contribution is -2.17. The molecule has 0 bridgehead atoms. The van der Waals surface area contributed by atoms with Crippen molar-refractivity contribution in [3.05, 3.63) is 48.2 Å². The molecule has 0 fully saturated rings. The summed E-state index contributed by atoms with van der Waals surface area (Å²) in [5.74, 6) is 3.04. The highest BCUT2D eigenvalue weighted by atomic mass is 32.2. The molecule has 100 valence electrons. The SMILES string of the molecule is NN1C=Cc2ccccc2S1.O=C(O)/C=C/C(=O)O. The maximum Gasteiger partial charge on any atom is 0.328 e. The molecule has 0 atom stereocenters. The third kappa shape index (κ3) is 5.75. The van der Waals surface area contributed by atoms with Gasteiger partial charge in [-0.2, -0.15) is 0 Å². The van der Waals surface area contributed by atoms with E-state index in [4.69, 9.17) is 16.1 Å². The quantitative estimate of drug-likeness (QED) is 0.429. The number of nitrogens with zero attached hydrogens (tertiary/aromatic N) is 1. The summed E-state index contributed by atoms with van der Waals surface area (Å²) in [5.41, 5.74) is 1.24. The van der Waals surface area contributed by atoms with E-state index in [-0.39, 0.29) is 0 Å². The van der Waals surface area contributed by atoms with Crippen molar-refractivity contribution in [2.45, 2.75) is 4.90 Å². The molecule has 0 spiro atoms. The summed E-state index contributed by atoms with van der Waals surface area (Å²) in [5, 5.41) is 15.6. The van der Waals surface area contributed by atoms with Crippen molar-refractivity contribution >= 4 is 30.0 Å². The van der Waals surface area contributed by atoms with E-state index in [1.54, 1.807) is 4.41 Å². The predicted molar refractivity (Wildman–Crippen MR) is 71.8 cm³/mol. The molecule has 0 aromatic heterocycles. The van der Waals surface area contributed by atoms with E-state index in [2.05, 4.69) is 12.1 Å². The maximum absolute atomic E-state index is 9.55. The number of aliphatic carboxylic acids is 2. The molecule has 0 radical (unpaired) electrons. The monoisotopic (exact) mass is 280 g/mol. The van der Waals surface area contributed by atoms with Gasteiger partial charge in [0.25, 0.3) is 0 Å². The van der Waals surface area contributed by atoms with Crippen LogP contribution in [0.3, 0.4) is 0 Å². The van der Waals surface area contributed by atoms with Crippen molar-refractivity contribution in [1.29, 1.82) is 0 Å². The molecule has 2 rings (SSSR count). The molecular formula is C12H12N2O4S. The fraction of sp³-hybridized carbons (Fsp3) is 0. The van der Waals surface area contributed by atoms with Crippen LogP contribution in [0.5, 0.6) is 0 Å². The van der Waals surface area contributed by atoms with Crippen LogP contribution in [0.4, 0.5) is 0 Å². The minimum atomic E-state index is -1.26. The number of carboxylic acids is 2. The van der Waals surface area contributed by atoms with Crippen molar-refractivity contribution in [3.63, 3.8) is 0 Å². The predicted octanol–water partition coefficient (Wildman–Crippen LogP) is 1.57. The van der Waals surface area contributed by atoms with Gasteiger partial charge in [-0.25, -0.2) is 15.4 Å². The molecule has 1 aromatic carbocycles. The van der Waals surface area contributed by atoms with Crippen LogP contribution in [0.2, 0.25) is 0 Å². The summed E-state index contributed by atoms with van der Waals surface area (Å²) in [7, 11) is 0. The Kier molecular flexibility index (Phi) is 5.65. The first-order chi connectivity index (χ1) is 8.99. The maximum atomic E-state index is 9.55. The minimum absolute atomic E-state index is 0.558. The molecule has 1 aliphatic rings. The average Bonchev–Trinajstić information content (AvgIpc) is 2.37. The van der Waals surface area contributed by atoms with Gasteiger partial charge in [0.1, 0.15) is 0 Å². The van der Waals surface area contributed by atoms with E-state index in [0.717, 1.165) is 0 Å². The van der Waals surface area contributed by atoms with Gasteiger partial charge in [-0.3, -0.25) is 4.41 Å². The molecule has 6 nitrogen and oxygen atoms in total. The zero-order valence-electron chi connectivity index (χ0n) is 9.76. The molecule has 0 unspecified atom stereocenters. The Bertz CT molecular complexity index is 512. The smallest absolute Gasteiger partial charge is 0.328 e. The Morgan fingerprint density at radius 1 is 1.16 bits per heavy atom. The van der Waals surface area contributed by atoms with Crippen LogP contribution in [0.25, 0.3) is 6.08 Å². The van der Waals surface area contributed by atoms with Crippen LogP contribution >= 0.6 is 11.9 Å². The van der Waals surface area contributed by atoms with Crippen molar-refractivity contribution < 1.29 is 19.8 Å². The summed E-state index contributed by atoms with van der Waals surface area (Å²) < 4.78 is 1.60. The number of nitrogens with two attached hydrogens (primary N) is 1. The first kappa shape index (κ1) is 14.8. The molecule has 19 heavy (non-hydrogen) atoms. The minimum Gasteiger partial charge on any atom is -0.478 e. The molecule has 7 heteroatoms. The second-order valence-electron chi connectivity index (χ2n) is 3.31. The van der Waals surface area contributed by atoms with E-state index >= 15 is 0 Å². The number of fused-ring (bicyclic) bond motifs is 1. The number of carbonyl (C=O) groups is 2. The summed E-state index contributed by atoms with van der Waals surface area (Å²) in [4.78, 5) is 20.3. The Balaban J connectivity index is 0.000000203. The van der Waals surface area contributed by atoms with Gasteiger partial charge in [-0.1, -0.05) is 18.2 Å². The van der Waals surface area contributed by atoms with Gasteiger partial charge in [-0.15, -0.1) is 0 Å². The first-order valence-corrected chi connectivity index (χ1v) is 5.89. The van der Waals surface area contributed by atoms with E-state index in [1.807, 2.05) is 24.4 Å². The Hall–Kier alpha value is -2.25. The van der Waals surface area contributed by atoms with Gasteiger partial charge >= 0.3 is 11.9 Å². The van der Waals surface area contributed by atoms with Crippen molar-refractivity contribution in [2.24, 2.45) is 5.84 Å². The molecule has 0 saturated carbocycles. The van der Waals surface area contributed by atoms with Crippen molar-refractivity contribution in [1.82, 2.24) is 4.41 Å². The molecule has 1 heterocycles. The second-order valence-corrected chi connectivity index (χ2v) is 4.36. The fourth-order valence-corrected chi connectivity index (χ4v) is 1.87. The molecular weight excluding hydrogens is 268 g/mol. The normalized spacial score (nSPS) is 12.6. The summed E-state index contributed by atoms with van der Waals surface area (Å²) in [6.07, 6.45) is 4.98. The van der Waals surface area contributed by atoms with Gasteiger partial charge < -0.3 is 10.2 Å². The topological polar surface area (TPSA) is 104 Å². The molecule has 0 amide bonds. The number of carboxylic acid groups (broad SMARTS) is 2. The largest absolute Gasteiger partial charge is 0.478 e. The van der Waals surface area contributed by atoms with Gasteiger partial charge in [0.15, 0.2) is 0 Å². The highest BCUT2D eigenvalue weighted by Crippen LogP contribution is 2.29. The van der Waals surface area contributed by atoms with E-state index in [9.17, 15) is 9.59 Å². The highest BCUT2D eigenvalue weighted by Gasteiger charge is 2.06. The summed E-state index contributed by atoms with van der Waals surface area (Å²) in [6, 6.07) is 8.17. The van der Waals surface area contributed by atoms with E-state index in [0.29, 0.717) is 12.2 Å². The lowest BCUT2D eigenvalue weighted by molar-refractivity contribution is -0.134. The van der Waals surface area contributed by atoms with Crippen LogP contribution in [0.15, 0.2) is 47.5 Å². The standard InChI is InChI=1S/C8H8N2S.C4H4O4/c9-10-6-5-7-3-1-2-4-8(7)11-10;5-3(6)1-2-4(7)8/h1-6H,9H2;1-2H,(H,5,6)(H,7,8)/b;2-1+. The summed E-state index contributed by atoms with van der Waals surface area (Å²) >= 11 is 1.54. The lowest BCUT2D eigenvalue weighted by atomic mass is 10.2. The number of hydrogen-bond donors (Lipinski definition) is 3. The number of hydrogen-bond acceptors (Lipinski definition) is 5. The molecule has 0 aliphatic carbocycles. The van der Waals surface area contributed by atoms with Crippen LogP contribution in [-0.2, 0) is 9.59 Å². The molecule has 1 aliphatic heterocycles. The Morgan fingerprint density at radius 2 is 1.74 bits per heavy atom. The number of benzene rings is 1. The third-order valence-corrected chi connectivity index (χ3v) is 2.79. The van der Waals surface area contributed by atoms with E-state index < -0.39 is 11.9 Å². The first-order valence-electron chi connectivity index (χ1n) is 5.12. The number of rotatable bonds is 2. The van der Waals surface area contributed by atoms with Gasteiger partial charge in [0.05, 0.1) is 0 Å². The van der Waals surface area contributed by atoms with Crippen molar-refractivity contribution in [3.8, 4) is 0 Å². The average molecular weight is 280 g/mol. The second kappa shape index (κ2) is 7.24. The van der Waals surface area contributed by atoms with Gasteiger partial charge in [0, 0.05) is 35.2 Å². The van der Waals surface area contributed by atoms with Crippen LogP contribution in [-0.4, -0.2) is 26.6 Å². The zero-order valence-corrected chi connectivity index (χ0v) is 10.6. The highest BCUT2D eigenvalue weighted by molar-refractivity contribution is 7.97. The van der Waals surface area contributed by atoms with Crippen molar-refractivity contribution in [2.75, 3.05) is 0 Å².